The zero-order valence-electron chi connectivity index (χ0n) is 20.6. The van der Waals surface area contributed by atoms with Crippen LogP contribution in [0.15, 0.2) is 96.1 Å². The smallest absolute Gasteiger partial charge is 0.505 e. The third-order valence-electron chi connectivity index (χ3n) is 6.23. The van der Waals surface area contributed by atoms with E-state index in [1.165, 1.54) is 17.7 Å². The third-order valence-corrected chi connectivity index (χ3v) is 6.23. The van der Waals surface area contributed by atoms with E-state index in [1.807, 2.05) is 48.5 Å². The number of phenols is 1. The van der Waals surface area contributed by atoms with Crippen LogP contribution in [0.4, 0.5) is 21.9 Å². The minimum Gasteiger partial charge on any atom is -0.505 e. The highest BCUT2D eigenvalue weighted by Gasteiger charge is 2.35. The van der Waals surface area contributed by atoms with Gasteiger partial charge in [-0.05, 0) is 53.9 Å². The second kappa shape index (κ2) is 10.5. The van der Waals surface area contributed by atoms with Gasteiger partial charge in [-0.15, -0.1) is 0 Å². The summed E-state index contributed by atoms with van der Waals surface area (Å²) >= 11 is 0. The fourth-order valence-electron chi connectivity index (χ4n) is 4.45. The Labute approximate surface area is 219 Å². The number of carboxylic acid groups (broad SMARTS) is 1. The Morgan fingerprint density at radius 1 is 0.921 bits per heavy atom. The zero-order valence-corrected chi connectivity index (χ0v) is 20.6. The summed E-state index contributed by atoms with van der Waals surface area (Å²) < 4.78 is 4.64. The molecule has 0 bridgehead atoms. The number of hydrogen-bond donors (Lipinski definition) is 3. The van der Waals surface area contributed by atoms with Crippen molar-refractivity contribution in [3.05, 3.63) is 102 Å². The van der Waals surface area contributed by atoms with Crippen LogP contribution in [0.2, 0.25) is 0 Å². The van der Waals surface area contributed by atoms with Gasteiger partial charge in [0.25, 0.3) is 5.91 Å². The Hall–Kier alpha value is -5.11. The van der Waals surface area contributed by atoms with Crippen molar-refractivity contribution >= 4 is 34.8 Å². The van der Waals surface area contributed by atoms with Crippen LogP contribution >= 0.6 is 0 Å². The second-order valence-corrected chi connectivity index (χ2v) is 8.74. The summed E-state index contributed by atoms with van der Waals surface area (Å²) in [7, 11) is 0. The van der Waals surface area contributed by atoms with Gasteiger partial charge < -0.3 is 14.9 Å². The predicted octanol–water partition coefficient (Wildman–Crippen LogP) is 6.56. The first-order valence-electron chi connectivity index (χ1n) is 12.2. The lowest BCUT2D eigenvalue weighted by Gasteiger charge is -2.17. The number of ether oxygens (including phenoxy) is 1. The van der Waals surface area contributed by atoms with Gasteiger partial charge >= 0.3 is 6.16 Å². The van der Waals surface area contributed by atoms with Gasteiger partial charge in [0.2, 0.25) is 0 Å². The van der Waals surface area contributed by atoms with E-state index in [4.69, 9.17) is 5.11 Å². The van der Waals surface area contributed by atoms with Crippen LogP contribution in [0.3, 0.4) is 0 Å². The molecular weight excluding hydrogens is 482 g/mol. The minimum absolute atomic E-state index is 0.0640. The van der Waals surface area contributed by atoms with Crippen molar-refractivity contribution in [3.63, 3.8) is 0 Å². The first-order valence-corrected chi connectivity index (χ1v) is 12.2. The van der Waals surface area contributed by atoms with Gasteiger partial charge in [0.1, 0.15) is 11.5 Å². The summed E-state index contributed by atoms with van der Waals surface area (Å²) in [5, 5.41) is 24.1. The summed E-state index contributed by atoms with van der Waals surface area (Å²) in [6.45, 7) is 2.13. The summed E-state index contributed by atoms with van der Waals surface area (Å²) in [5.74, 6) is -0.165. The number of hydrogen-bond acceptors (Lipinski definition) is 6. The van der Waals surface area contributed by atoms with Crippen molar-refractivity contribution in [2.75, 3.05) is 10.3 Å². The number of carbonyl (C=O) groups excluding carboxylic acids is 1. The number of fused-ring (bicyclic) bond motifs is 1. The monoisotopic (exact) mass is 507 g/mol. The molecule has 0 spiro atoms. The van der Waals surface area contributed by atoms with E-state index in [0.717, 1.165) is 24.2 Å². The number of hydrazone groups is 1. The van der Waals surface area contributed by atoms with Crippen molar-refractivity contribution in [1.82, 2.24) is 0 Å². The Morgan fingerprint density at radius 2 is 1.63 bits per heavy atom. The maximum absolute atomic E-state index is 13.5. The molecule has 5 rings (SSSR count). The summed E-state index contributed by atoms with van der Waals surface area (Å²) in [6, 6.07) is 26.8. The number of nitrogens with zero attached hydrogens (tertiary/aromatic N) is 2. The van der Waals surface area contributed by atoms with E-state index < -0.39 is 6.16 Å². The first kappa shape index (κ1) is 24.6. The molecule has 3 N–H and O–H groups in total. The highest BCUT2D eigenvalue weighted by molar-refractivity contribution is 6.55. The number of amides is 1. The molecule has 0 aliphatic carbocycles. The molecule has 0 radical (unpaired) electrons. The van der Waals surface area contributed by atoms with Crippen molar-refractivity contribution < 1.29 is 24.5 Å². The number of benzene rings is 4. The summed E-state index contributed by atoms with van der Waals surface area (Å²) in [4.78, 5) is 25.9. The Kier molecular flexibility index (Phi) is 6.78. The van der Waals surface area contributed by atoms with Crippen LogP contribution in [-0.2, 0) is 11.2 Å². The van der Waals surface area contributed by atoms with Crippen LogP contribution in [0, 0.1) is 0 Å². The summed E-state index contributed by atoms with van der Waals surface area (Å²) in [5.41, 5.74) is 7.96. The molecule has 1 aliphatic rings. The Balaban J connectivity index is 1.43. The minimum atomic E-state index is -1.40. The van der Waals surface area contributed by atoms with Crippen molar-refractivity contribution in [1.29, 1.82) is 0 Å². The van der Waals surface area contributed by atoms with E-state index in [9.17, 15) is 14.7 Å². The molecule has 0 atom stereocenters. The van der Waals surface area contributed by atoms with E-state index in [2.05, 4.69) is 22.2 Å². The molecule has 8 nitrogen and oxygen atoms in total. The van der Waals surface area contributed by atoms with Gasteiger partial charge in [-0.25, -0.2) is 4.79 Å². The Bertz CT molecular complexity index is 1530. The fourth-order valence-corrected chi connectivity index (χ4v) is 4.45. The van der Waals surface area contributed by atoms with Gasteiger partial charge in [-0.1, -0.05) is 67.9 Å². The molecule has 38 heavy (non-hydrogen) atoms. The number of para-hydroxylation sites is 2. The molecule has 0 fully saturated rings. The molecule has 0 saturated carbocycles. The molecule has 4 aromatic rings. The lowest BCUT2D eigenvalue weighted by Crippen LogP contribution is -2.26. The van der Waals surface area contributed by atoms with Crippen molar-refractivity contribution in [2.24, 2.45) is 5.10 Å². The standard InChI is InChI=1S/C30H25N3O5/c1-2-6-19-11-15-21(16-12-19)33-26-10-4-3-7-24(26)27(29(33)35)32-31-25-9-5-8-23(28(25)34)20-13-17-22(18-14-20)38-30(36)37/h3-5,7-18,31,34H,2,6H2,1H3,(H,36,37). The van der Waals surface area contributed by atoms with Gasteiger partial charge in [0.15, 0.2) is 5.71 Å². The number of phenolic OH excluding ortho intramolecular Hbond substituents is 1. The number of rotatable bonds is 7. The van der Waals surface area contributed by atoms with Gasteiger partial charge in [-0.3, -0.25) is 15.1 Å². The van der Waals surface area contributed by atoms with E-state index >= 15 is 0 Å². The summed E-state index contributed by atoms with van der Waals surface area (Å²) in [6.07, 6.45) is 0.622. The van der Waals surface area contributed by atoms with Crippen molar-refractivity contribution in [2.45, 2.75) is 19.8 Å². The highest BCUT2D eigenvalue weighted by Crippen LogP contribution is 2.38. The van der Waals surface area contributed by atoms with Crippen LogP contribution < -0.4 is 15.1 Å². The molecular formula is C30H25N3O5. The molecule has 1 amide bonds. The van der Waals surface area contributed by atoms with Crippen LogP contribution in [0.25, 0.3) is 11.1 Å². The first-order chi connectivity index (χ1) is 18.5. The molecule has 0 unspecified atom stereocenters. The highest BCUT2D eigenvalue weighted by atomic mass is 16.7. The number of carbonyl (C=O) groups is 2. The average molecular weight is 508 g/mol. The maximum Gasteiger partial charge on any atom is 0.511 e. The average Bonchev–Trinajstić information content (AvgIpc) is 3.20. The van der Waals surface area contributed by atoms with Crippen molar-refractivity contribution in [3.8, 4) is 22.6 Å². The molecule has 0 saturated heterocycles. The van der Waals surface area contributed by atoms with Gasteiger partial charge in [0, 0.05) is 16.8 Å². The lowest BCUT2D eigenvalue weighted by atomic mass is 10.0. The number of aromatic hydroxyl groups is 1. The van der Waals surface area contributed by atoms with Gasteiger partial charge in [0.05, 0.1) is 11.4 Å². The van der Waals surface area contributed by atoms with E-state index in [0.29, 0.717) is 22.4 Å². The molecule has 4 aromatic carbocycles. The zero-order chi connectivity index (χ0) is 26.6. The maximum atomic E-state index is 13.5. The molecule has 0 aromatic heterocycles. The largest absolute Gasteiger partial charge is 0.511 e. The number of anilines is 3. The van der Waals surface area contributed by atoms with Crippen LogP contribution in [-0.4, -0.2) is 28.0 Å². The van der Waals surface area contributed by atoms with E-state index in [1.54, 1.807) is 35.2 Å². The molecule has 8 heteroatoms. The fraction of sp³-hybridized carbons (Fsp3) is 0.100. The van der Waals surface area contributed by atoms with Crippen LogP contribution in [0.1, 0.15) is 24.5 Å². The molecule has 190 valence electrons. The normalized spacial score (nSPS) is 13.4. The second-order valence-electron chi connectivity index (χ2n) is 8.74. The Morgan fingerprint density at radius 3 is 2.34 bits per heavy atom. The quantitative estimate of drug-likeness (QED) is 0.113. The third kappa shape index (κ3) is 4.79. The SMILES string of the molecule is CCCc1ccc(N2C(=O)C(=NNc3cccc(-c4ccc(OC(=O)O)cc4)c3O)c3ccccc32)cc1. The van der Waals surface area contributed by atoms with Crippen LogP contribution in [0.5, 0.6) is 11.5 Å². The number of aryl methyl sites for hydroxylation is 1. The predicted molar refractivity (Wildman–Crippen MR) is 146 cm³/mol. The van der Waals surface area contributed by atoms with Gasteiger partial charge in [-0.2, -0.15) is 5.10 Å². The lowest BCUT2D eigenvalue weighted by molar-refractivity contribution is -0.111. The number of nitrogens with one attached hydrogen (secondary N) is 1. The molecule has 1 heterocycles. The topological polar surface area (TPSA) is 111 Å². The molecule has 1 aliphatic heterocycles. The van der Waals surface area contributed by atoms with E-state index in [-0.39, 0.29) is 23.1 Å².